The molecule has 0 N–H and O–H groups in total. The summed E-state index contributed by atoms with van der Waals surface area (Å²) in [6.45, 7) is 7.98. The van der Waals surface area contributed by atoms with Crippen molar-refractivity contribution in [2.24, 2.45) is 5.41 Å². The Labute approximate surface area is 239 Å². The fourth-order valence-corrected chi connectivity index (χ4v) is 3.75. The van der Waals surface area contributed by atoms with E-state index >= 15 is 0 Å². The molecule has 41 heavy (non-hydrogen) atoms. The van der Waals surface area contributed by atoms with Gasteiger partial charge in [0.1, 0.15) is 25.4 Å². The molecule has 0 amide bonds. The molecule has 0 fully saturated rings. The van der Waals surface area contributed by atoms with Crippen molar-refractivity contribution in [1.29, 1.82) is 0 Å². The Morgan fingerprint density at radius 2 is 0.902 bits per heavy atom. The standard InChI is InChI=1S/C33H34O8/c1-24(28(34)41-32(2,3)4)20-33(29(35)38-21-25-14-8-5-9-15-25,30(36)39-22-26-16-10-6-11-17-26)31(37)40-23-27-18-12-7-13-19-27/h5-19H,1,20-23H2,2-4H3. The third kappa shape index (κ3) is 8.89. The van der Waals surface area contributed by atoms with E-state index in [1.54, 1.807) is 112 Å². The number of hydrogen-bond acceptors (Lipinski definition) is 8. The van der Waals surface area contributed by atoms with Gasteiger partial charge in [-0.3, -0.25) is 14.4 Å². The Bertz CT molecular complexity index is 1210. The van der Waals surface area contributed by atoms with Crippen molar-refractivity contribution in [3.05, 3.63) is 120 Å². The predicted octanol–water partition coefficient (Wildman–Crippen LogP) is 5.49. The van der Waals surface area contributed by atoms with Crippen LogP contribution in [0.1, 0.15) is 43.9 Å². The van der Waals surface area contributed by atoms with Crippen molar-refractivity contribution >= 4 is 23.9 Å². The molecule has 0 saturated heterocycles. The summed E-state index contributed by atoms with van der Waals surface area (Å²) in [5, 5.41) is 0. The highest BCUT2D eigenvalue weighted by Gasteiger charge is 2.58. The third-order valence-electron chi connectivity index (χ3n) is 5.85. The van der Waals surface area contributed by atoms with Crippen molar-refractivity contribution in [3.8, 4) is 0 Å². The summed E-state index contributed by atoms with van der Waals surface area (Å²) in [4.78, 5) is 54.2. The second kappa shape index (κ2) is 14.1. The summed E-state index contributed by atoms with van der Waals surface area (Å²) in [5.41, 5.74) is -2.02. The van der Waals surface area contributed by atoms with Crippen LogP contribution in [0, 0.1) is 5.41 Å². The average Bonchev–Trinajstić information content (AvgIpc) is 2.96. The van der Waals surface area contributed by atoms with Gasteiger partial charge < -0.3 is 18.9 Å². The van der Waals surface area contributed by atoms with Gasteiger partial charge in [0.05, 0.1) is 0 Å². The van der Waals surface area contributed by atoms with E-state index in [9.17, 15) is 19.2 Å². The molecule has 0 heterocycles. The molecule has 3 aromatic carbocycles. The molecule has 3 aromatic rings. The van der Waals surface area contributed by atoms with Crippen LogP contribution in [0.3, 0.4) is 0 Å². The van der Waals surface area contributed by atoms with Gasteiger partial charge in [0.2, 0.25) is 0 Å². The number of carbonyl (C=O) groups is 4. The van der Waals surface area contributed by atoms with Crippen LogP contribution in [0.25, 0.3) is 0 Å². The Morgan fingerprint density at radius 3 is 1.20 bits per heavy atom. The fraction of sp³-hybridized carbons (Fsp3) is 0.273. The maximum absolute atomic E-state index is 13.8. The van der Waals surface area contributed by atoms with Crippen LogP contribution in [0.4, 0.5) is 0 Å². The molecule has 3 rings (SSSR count). The maximum Gasteiger partial charge on any atom is 0.335 e. The summed E-state index contributed by atoms with van der Waals surface area (Å²) < 4.78 is 21.8. The second-order valence-electron chi connectivity index (χ2n) is 10.4. The van der Waals surface area contributed by atoms with Gasteiger partial charge in [0.15, 0.2) is 0 Å². The summed E-state index contributed by atoms with van der Waals surface area (Å²) in [5.74, 6) is -4.59. The van der Waals surface area contributed by atoms with Crippen LogP contribution in [0.2, 0.25) is 0 Å². The van der Waals surface area contributed by atoms with Crippen molar-refractivity contribution in [2.75, 3.05) is 0 Å². The van der Waals surface area contributed by atoms with Gasteiger partial charge in [-0.25, -0.2) is 4.79 Å². The van der Waals surface area contributed by atoms with E-state index < -0.39 is 41.3 Å². The summed E-state index contributed by atoms with van der Waals surface area (Å²) in [7, 11) is 0. The highest BCUT2D eigenvalue weighted by atomic mass is 16.6. The minimum atomic E-state index is -2.69. The van der Waals surface area contributed by atoms with Crippen LogP contribution < -0.4 is 0 Å². The first-order valence-corrected chi connectivity index (χ1v) is 13.1. The molecule has 0 aliphatic rings. The molecule has 0 unspecified atom stereocenters. The number of benzene rings is 3. The topological polar surface area (TPSA) is 105 Å². The second-order valence-corrected chi connectivity index (χ2v) is 10.4. The molecule has 0 saturated carbocycles. The first kappa shape index (κ1) is 30.8. The normalized spacial score (nSPS) is 11.2. The van der Waals surface area contributed by atoms with E-state index in [1.165, 1.54) is 0 Å². The lowest BCUT2D eigenvalue weighted by atomic mass is 9.81. The lowest BCUT2D eigenvalue weighted by Crippen LogP contribution is -2.50. The minimum absolute atomic E-state index is 0.238. The Balaban J connectivity index is 1.98. The van der Waals surface area contributed by atoms with Gasteiger partial charge in [0.25, 0.3) is 5.41 Å². The van der Waals surface area contributed by atoms with E-state index in [0.717, 1.165) is 0 Å². The van der Waals surface area contributed by atoms with Crippen LogP contribution in [-0.2, 0) is 57.9 Å². The Kier molecular flexibility index (Phi) is 10.6. The lowest BCUT2D eigenvalue weighted by Gasteiger charge is -2.29. The van der Waals surface area contributed by atoms with Gasteiger partial charge in [-0.05, 0) is 37.5 Å². The molecular formula is C33H34O8. The van der Waals surface area contributed by atoms with Crippen LogP contribution in [0.15, 0.2) is 103 Å². The minimum Gasteiger partial charge on any atom is -0.460 e. The number of rotatable bonds is 12. The summed E-state index contributed by atoms with van der Waals surface area (Å²) in [6, 6.07) is 26.2. The summed E-state index contributed by atoms with van der Waals surface area (Å²) >= 11 is 0. The molecule has 0 atom stereocenters. The van der Waals surface area contributed by atoms with Crippen molar-refractivity contribution in [3.63, 3.8) is 0 Å². The zero-order chi connectivity index (χ0) is 29.9. The van der Waals surface area contributed by atoms with E-state index in [-0.39, 0.29) is 25.4 Å². The van der Waals surface area contributed by atoms with Crippen LogP contribution in [-0.4, -0.2) is 29.5 Å². The highest BCUT2D eigenvalue weighted by molar-refractivity contribution is 6.18. The van der Waals surface area contributed by atoms with Gasteiger partial charge in [0, 0.05) is 12.0 Å². The van der Waals surface area contributed by atoms with E-state index in [1.807, 2.05) is 0 Å². The third-order valence-corrected chi connectivity index (χ3v) is 5.85. The Hall–Kier alpha value is -4.72. The fourth-order valence-electron chi connectivity index (χ4n) is 3.75. The molecular weight excluding hydrogens is 524 g/mol. The molecule has 214 valence electrons. The van der Waals surface area contributed by atoms with E-state index in [2.05, 4.69) is 6.58 Å². The molecule has 0 radical (unpaired) electrons. The predicted molar refractivity (Wildman–Crippen MR) is 151 cm³/mol. The first-order chi connectivity index (χ1) is 19.5. The van der Waals surface area contributed by atoms with Gasteiger partial charge in [-0.15, -0.1) is 0 Å². The highest BCUT2D eigenvalue weighted by Crippen LogP contribution is 2.34. The lowest BCUT2D eigenvalue weighted by molar-refractivity contribution is -0.186. The van der Waals surface area contributed by atoms with Crippen molar-refractivity contribution in [2.45, 2.75) is 52.6 Å². The number of hydrogen-bond donors (Lipinski definition) is 0. The number of esters is 4. The molecule has 0 bridgehead atoms. The van der Waals surface area contributed by atoms with E-state index in [0.29, 0.717) is 16.7 Å². The van der Waals surface area contributed by atoms with E-state index in [4.69, 9.17) is 18.9 Å². The monoisotopic (exact) mass is 558 g/mol. The molecule has 0 aromatic heterocycles. The van der Waals surface area contributed by atoms with Crippen LogP contribution >= 0.6 is 0 Å². The van der Waals surface area contributed by atoms with Crippen LogP contribution in [0.5, 0.6) is 0 Å². The van der Waals surface area contributed by atoms with Gasteiger partial charge in [-0.2, -0.15) is 0 Å². The molecule has 0 aliphatic heterocycles. The quantitative estimate of drug-likeness (QED) is 0.124. The zero-order valence-electron chi connectivity index (χ0n) is 23.5. The van der Waals surface area contributed by atoms with Gasteiger partial charge in [-0.1, -0.05) is 97.6 Å². The van der Waals surface area contributed by atoms with Gasteiger partial charge >= 0.3 is 23.9 Å². The zero-order valence-corrected chi connectivity index (χ0v) is 23.5. The smallest absolute Gasteiger partial charge is 0.335 e. The molecule has 8 nitrogen and oxygen atoms in total. The largest absolute Gasteiger partial charge is 0.460 e. The molecule has 8 heteroatoms. The Morgan fingerprint density at radius 1 is 0.585 bits per heavy atom. The average molecular weight is 559 g/mol. The van der Waals surface area contributed by atoms with Crippen molar-refractivity contribution in [1.82, 2.24) is 0 Å². The maximum atomic E-state index is 13.8. The molecule has 0 aliphatic carbocycles. The number of ether oxygens (including phenoxy) is 4. The molecule has 0 spiro atoms. The summed E-state index contributed by atoms with van der Waals surface area (Å²) in [6.07, 6.45) is -0.767. The first-order valence-electron chi connectivity index (χ1n) is 13.1. The SMILES string of the molecule is C=C(CC(C(=O)OCc1ccccc1)(C(=O)OCc1ccccc1)C(=O)OCc1ccccc1)C(=O)OC(C)(C)C. The van der Waals surface area contributed by atoms with Crippen molar-refractivity contribution < 1.29 is 38.1 Å². The number of carbonyl (C=O) groups excluding carboxylic acids is 4.